The van der Waals surface area contributed by atoms with Crippen LogP contribution in [0, 0.1) is 0 Å². The van der Waals surface area contributed by atoms with Crippen LogP contribution in [0.5, 0.6) is 5.75 Å². The Morgan fingerprint density at radius 2 is 2.00 bits per heavy atom. The molecule has 0 fully saturated rings. The van der Waals surface area contributed by atoms with Crippen LogP contribution in [0.3, 0.4) is 0 Å². The molecule has 0 aliphatic rings. The summed E-state index contributed by atoms with van der Waals surface area (Å²) in [6, 6.07) is 3.72. The van der Waals surface area contributed by atoms with E-state index in [1.54, 1.807) is 0 Å². The SMILES string of the molecule is COCCOc1ccc(C(O)C(F)(F)F)cc1Br. The van der Waals surface area contributed by atoms with Crippen molar-refractivity contribution in [2.45, 2.75) is 12.3 Å². The van der Waals surface area contributed by atoms with Gasteiger partial charge in [0.1, 0.15) is 12.4 Å². The molecule has 1 atom stereocenters. The lowest BCUT2D eigenvalue weighted by atomic mass is 10.1. The fourth-order valence-corrected chi connectivity index (χ4v) is 1.74. The first-order chi connectivity index (χ1) is 8.36. The zero-order valence-electron chi connectivity index (χ0n) is 9.50. The number of methoxy groups -OCH3 is 1. The van der Waals surface area contributed by atoms with Crippen molar-refractivity contribution >= 4 is 15.9 Å². The molecule has 7 heteroatoms. The first-order valence-corrected chi connectivity index (χ1v) is 5.81. The van der Waals surface area contributed by atoms with Crippen LogP contribution in [-0.2, 0) is 4.74 Å². The molecular weight excluding hydrogens is 317 g/mol. The van der Waals surface area contributed by atoms with Crippen molar-refractivity contribution in [1.29, 1.82) is 0 Å². The maximum absolute atomic E-state index is 12.3. The molecular formula is C11H12BrF3O3. The molecule has 0 heterocycles. The van der Waals surface area contributed by atoms with Gasteiger partial charge in [0.15, 0.2) is 6.10 Å². The van der Waals surface area contributed by atoms with Gasteiger partial charge in [-0.3, -0.25) is 0 Å². The van der Waals surface area contributed by atoms with Gasteiger partial charge in [-0.05, 0) is 33.6 Å². The van der Waals surface area contributed by atoms with E-state index in [1.165, 1.54) is 25.3 Å². The summed E-state index contributed by atoms with van der Waals surface area (Å²) in [5, 5.41) is 9.08. The van der Waals surface area contributed by atoms with Crippen molar-refractivity contribution in [1.82, 2.24) is 0 Å². The van der Waals surface area contributed by atoms with Gasteiger partial charge in [0.2, 0.25) is 0 Å². The van der Waals surface area contributed by atoms with Crippen LogP contribution >= 0.6 is 15.9 Å². The molecule has 0 aliphatic carbocycles. The molecule has 0 amide bonds. The van der Waals surface area contributed by atoms with Crippen molar-refractivity contribution in [2.24, 2.45) is 0 Å². The molecule has 1 aromatic rings. The Bertz CT molecular complexity index is 396. The predicted octanol–water partition coefficient (Wildman–Crippen LogP) is 3.07. The number of halogens is 4. The molecule has 1 aromatic carbocycles. The van der Waals surface area contributed by atoms with Crippen molar-refractivity contribution in [3.8, 4) is 5.75 Å². The highest BCUT2D eigenvalue weighted by atomic mass is 79.9. The summed E-state index contributed by atoms with van der Waals surface area (Å²) in [6.45, 7) is 0.662. The molecule has 0 radical (unpaired) electrons. The van der Waals surface area contributed by atoms with E-state index in [4.69, 9.17) is 14.6 Å². The third kappa shape index (κ3) is 4.15. The van der Waals surface area contributed by atoms with Gasteiger partial charge in [-0.15, -0.1) is 0 Å². The van der Waals surface area contributed by atoms with Crippen LogP contribution in [0.1, 0.15) is 11.7 Å². The van der Waals surface area contributed by atoms with E-state index < -0.39 is 12.3 Å². The van der Waals surface area contributed by atoms with Crippen molar-refractivity contribution in [3.63, 3.8) is 0 Å². The number of rotatable bonds is 5. The molecule has 3 nitrogen and oxygen atoms in total. The Labute approximate surface area is 111 Å². The monoisotopic (exact) mass is 328 g/mol. The van der Waals surface area contributed by atoms with Crippen molar-refractivity contribution in [2.75, 3.05) is 20.3 Å². The quantitative estimate of drug-likeness (QED) is 0.844. The first kappa shape index (κ1) is 15.3. The number of ether oxygens (including phenoxy) is 2. The van der Waals surface area contributed by atoms with Gasteiger partial charge >= 0.3 is 6.18 Å². The Morgan fingerprint density at radius 1 is 1.33 bits per heavy atom. The van der Waals surface area contributed by atoms with Gasteiger partial charge in [0.25, 0.3) is 0 Å². The summed E-state index contributed by atoms with van der Waals surface area (Å²) in [5.41, 5.74) is -0.242. The predicted molar refractivity (Wildman–Crippen MR) is 62.5 cm³/mol. The summed E-state index contributed by atoms with van der Waals surface area (Å²) >= 11 is 3.09. The van der Waals surface area contributed by atoms with Crippen LogP contribution in [0.2, 0.25) is 0 Å². The highest BCUT2D eigenvalue weighted by molar-refractivity contribution is 9.10. The number of alkyl halides is 3. The summed E-state index contributed by atoms with van der Waals surface area (Å²) in [6.07, 6.45) is -7.18. The molecule has 18 heavy (non-hydrogen) atoms. The summed E-state index contributed by atoms with van der Waals surface area (Å²) in [4.78, 5) is 0. The van der Waals surface area contributed by atoms with E-state index in [-0.39, 0.29) is 12.2 Å². The lowest BCUT2D eigenvalue weighted by Crippen LogP contribution is -2.20. The number of hydrogen-bond acceptors (Lipinski definition) is 3. The van der Waals surface area contributed by atoms with Gasteiger partial charge < -0.3 is 14.6 Å². The van der Waals surface area contributed by atoms with Gasteiger partial charge in [-0.1, -0.05) is 6.07 Å². The molecule has 0 aromatic heterocycles. The third-order valence-corrected chi connectivity index (χ3v) is 2.75. The Hall–Kier alpha value is -0.790. The van der Waals surface area contributed by atoms with E-state index in [1.807, 2.05) is 0 Å². The van der Waals surface area contributed by atoms with Crippen LogP contribution < -0.4 is 4.74 Å². The zero-order chi connectivity index (χ0) is 13.8. The highest BCUT2D eigenvalue weighted by Crippen LogP contribution is 2.35. The lowest BCUT2D eigenvalue weighted by molar-refractivity contribution is -0.206. The summed E-state index contributed by atoms with van der Waals surface area (Å²) < 4.78 is 47.3. The Balaban J connectivity index is 2.79. The smallest absolute Gasteiger partial charge is 0.418 e. The van der Waals surface area contributed by atoms with E-state index in [0.717, 1.165) is 0 Å². The van der Waals surface area contributed by atoms with Crippen LogP contribution in [-0.4, -0.2) is 31.6 Å². The van der Waals surface area contributed by atoms with Crippen LogP contribution in [0.25, 0.3) is 0 Å². The van der Waals surface area contributed by atoms with Gasteiger partial charge in [-0.2, -0.15) is 13.2 Å². The second-order valence-electron chi connectivity index (χ2n) is 3.48. The Kier molecular flexibility index (Phi) is 5.43. The molecule has 1 N–H and O–H groups in total. The fourth-order valence-electron chi connectivity index (χ4n) is 1.23. The minimum absolute atomic E-state index is 0.242. The summed E-state index contributed by atoms with van der Waals surface area (Å²) in [5.74, 6) is 0.394. The van der Waals surface area contributed by atoms with E-state index >= 15 is 0 Å². The van der Waals surface area contributed by atoms with Gasteiger partial charge in [0.05, 0.1) is 11.1 Å². The second-order valence-corrected chi connectivity index (χ2v) is 4.33. The van der Waals surface area contributed by atoms with Crippen molar-refractivity contribution < 1.29 is 27.8 Å². The Morgan fingerprint density at radius 3 is 2.50 bits per heavy atom. The van der Waals surface area contributed by atoms with E-state index in [2.05, 4.69) is 15.9 Å². The normalized spacial score (nSPS) is 13.4. The molecule has 0 aliphatic heterocycles. The topological polar surface area (TPSA) is 38.7 Å². The largest absolute Gasteiger partial charge is 0.490 e. The third-order valence-electron chi connectivity index (χ3n) is 2.13. The molecule has 0 spiro atoms. The number of benzene rings is 1. The number of aliphatic hydroxyl groups excluding tert-OH is 1. The molecule has 0 saturated carbocycles. The maximum atomic E-state index is 12.3. The first-order valence-electron chi connectivity index (χ1n) is 5.02. The van der Waals surface area contributed by atoms with Crippen LogP contribution in [0.4, 0.5) is 13.2 Å². The highest BCUT2D eigenvalue weighted by Gasteiger charge is 2.39. The molecule has 1 unspecified atom stereocenters. The van der Waals surface area contributed by atoms with E-state index in [9.17, 15) is 13.2 Å². The number of hydrogen-bond donors (Lipinski definition) is 1. The summed E-state index contributed by atoms with van der Waals surface area (Å²) in [7, 11) is 1.52. The molecule has 1 rings (SSSR count). The average molecular weight is 329 g/mol. The van der Waals surface area contributed by atoms with Crippen LogP contribution in [0.15, 0.2) is 22.7 Å². The van der Waals surface area contributed by atoms with Gasteiger partial charge in [-0.25, -0.2) is 0 Å². The zero-order valence-corrected chi connectivity index (χ0v) is 11.1. The lowest BCUT2D eigenvalue weighted by Gasteiger charge is -2.16. The minimum atomic E-state index is -4.68. The minimum Gasteiger partial charge on any atom is -0.490 e. The average Bonchev–Trinajstić information content (AvgIpc) is 2.29. The van der Waals surface area contributed by atoms with Gasteiger partial charge in [0, 0.05) is 7.11 Å². The molecule has 102 valence electrons. The fraction of sp³-hybridized carbons (Fsp3) is 0.455. The van der Waals surface area contributed by atoms with E-state index in [0.29, 0.717) is 16.8 Å². The van der Waals surface area contributed by atoms with Crippen molar-refractivity contribution in [3.05, 3.63) is 28.2 Å². The maximum Gasteiger partial charge on any atom is 0.418 e. The molecule has 0 bridgehead atoms. The molecule has 0 saturated heterocycles. The standard InChI is InChI=1S/C11H12BrF3O3/c1-17-4-5-18-9-3-2-7(6-8(9)12)10(16)11(13,14)15/h2-3,6,10,16H,4-5H2,1H3. The number of aliphatic hydroxyl groups is 1. The second kappa shape index (κ2) is 6.40.